The summed E-state index contributed by atoms with van der Waals surface area (Å²) in [5.41, 5.74) is 0. The summed E-state index contributed by atoms with van der Waals surface area (Å²) in [6.45, 7) is 30.2. The summed E-state index contributed by atoms with van der Waals surface area (Å²) in [7, 11) is 0. The number of hydrogen-bond acceptors (Lipinski definition) is 13. The molecule has 0 saturated heterocycles. The van der Waals surface area contributed by atoms with E-state index in [0.717, 1.165) is 77.0 Å². The third-order valence-corrected chi connectivity index (χ3v) is 12.0. The molecule has 2 atom stereocenters. The van der Waals surface area contributed by atoms with E-state index in [1.165, 1.54) is 77.0 Å². The van der Waals surface area contributed by atoms with Crippen LogP contribution in [0.3, 0.4) is 0 Å². The van der Waals surface area contributed by atoms with E-state index in [4.69, 9.17) is 56.8 Å². The normalized spacial score (nSPS) is 13.8. The van der Waals surface area contributed by atoms with Gasteiger partial charge in [-0.05, 0) is 109 Å². The van der Waals surface area contributed by atoms with Gasteiger partial charge in [-0.25, -0.2) is 5.32 Å². The van der Waals surface area contributed by atoms with E-state index in [1.54, 1.807) is 0 Å². The Balaban J connectivity index is 5.29. The summed E-state index contributed by atoms with van der Waals surface area (Å²) in [4.78, 5) is 0. The number of unbranched alkanes of at least 4 members (excludes halogenated alkanes) is 18. The van der Waals surface area contributed by atoms with Gasteiger partial charge in [0.15, 0.2) is 0 Å². The molecule has 0 bridgehead atoms. The van der Waals surface area contributed by atoms with Crippen molar-refractivity contribution in [3.05, 3.63) is 0 Å². The van der Waals surface area contributed by atoms with Crippen molar-refractivity contribution in [1.82, 2.24) is 5.32 Å². The topological polar surface area (TPSA) is 123 Å². The highest BCUT2D eigenvalue weighted by molar-refractivity contribution is 4.89. The monoisotopic (exact) mass is 966 g/mol. The molecule has 13 nitrogen and oxygen atoms in total. The van der Waals surface area contributed by atoms with E-state index >= 15 is 0 Å². The summed E-state index contributed by atoms with van der Waals surface area (Å²) in [6, 6.07) is 0. The maximum atomic E-state index is 6.61. The molecular formula is C54H111NO12. The number of hydrogen-bond donors (Lipinski definition) is 1. The molecule has 2 unspecified atom stereocenters. The summed E-state index contributed by atoms with van der Waals surface area (Å²) >= 11 is 0. The molecule has 0 heterocycles. The fourth-order valence-electron chi connectivity index (χ4n) is 9.20. The van der Waals surface area contributed by atoms with Crippen LogP contribution in [0.2, 0.25) is 0 Å². The number of nitrogens with one attached hydrogen (secondary N) is 1. The van der Waals surface area contributed by atoms with Crippen molar-refractivity contribution >= 4 is 0 Å². The fourth-order valence-corrected chi connectivity index (χ4v) is 9.20. The van der Waals surface area contributed by atoms with Crippen molar-refractivity contribution in [1.29, 1.82) is 0 Å². The van der Waals surface area contributed by atoms with E-state index < -0.39 is 23.8 Å². The Kier molecular flexibility index (Phi) is 43.9. The SMILES string of the molecule is CCOC(CCCCCCCCCCCCC(OCC)(OCC)OCC)C(NC(OCC)(OCC)C(CCCCCCCCCCCCC(OCC)(OCC)OCC)OCC)(OCC)OCC. The van der Waals surface area contributed by atoms with Crippen molar-refractivity contribution < 1.29 is 56.8 Å². The number of rotatable bonds is 54. The molecule has 0 aromatic heterocycles. The molecular weight excluding hydrogens is 855 g/mol. The Morgan fingerprint density at radius 3 is 0.672 bits per heavy atom. The van der Waals surface area contributed by atoms with Gasteiger partial charge in [0.25, 0.3) is 23.8 Å². The molecule has 0 amide bonds. The molecule has 0 rings (SSSR count). The molecule has 0 spiro atoms. The molecule has 0 aliphatic heterocycles. The first-order valence-corrected chi connectivity index (χ1v) is 28.1. The average Bonchev–Trinajstić information content (AvgIpc) is 3.29. The van der Waals surface area contributed by atoms with Crippen LogP contribution in [0.4, 0.5) is 0 Å². The van der Waals surface area contributed by atoms with Gasteiger partial charge < -0.3 is 56.8 Å². The molecule has 404 valence electrons. The van der Waals surface area contributed by atoms with Crippen LogP contribution >= 0.6 is 0 Å². The smallest absolute Gasteiger partial charge is 0.282 e. The minimum atomic E-state index is -1.30. The first-order chi connectivity index (χ1) is 32.6. The van der Waals surface area contributed by atoms with Gasteiger partial charge in [-0.2, -0.15) is 0 Å². The van der Waals surface area contributed by atoms with E-state index in [1.807, 2.05) is 83.1 Å². The van der Waals surface area contributed by atoms with Crippen molar-refractivity contribution in [3.8, 4) is 0 Å². The van der Waals surface area contributed by atoms with Gasteiger partial charge in [-0.3, -0.25) is 0 Å². The van der Waals surface area contributed by atoms with Crippen molar-refractivity contribution in [2.75, 3.05) is 79.3 Å². The lowest BCUT2D eigenvalue weighted by atomic mass is 10.0. The van der Waals surface area contributed by atoms with Crippen molar-refractivity contribution in [2.45, 2.75) is 273 Å². The summed E-state index contributed by atoms with van der Waals surface area (Å²) in [5.74, 6) is -4.38. The van der Waals surface area contributed by atoms with E-state index in [-0.39, 0.29) is 12.2 Å². The second-order valence-corrected chi connectivity index (χ2v) is 17.2. The molecule has 0 fully saturated rings. The zero-order valence-electron chi connectivity index (χ0n) is 46.0. The molecule has 0 aliphatic carbocycles. The maximum Gasteiger partial charge on any atom is 0.282 e. The fraction of sp³-hybridized carbons (Fsp3) is 1.00. The standard InChI is InChI=1S/C54H111NO12/c1-13-56-49(45-41-37-33-29-25-27-31-35-39-43-47-51(58-15-3,59-16-4)60-17-5)53(64-21-9,65-22-10)55-54(66-23-11,67-24-12)50(57-14-2)46-42-38-34-30-26-28-32-36-40-44-48-52(61-18-6,62-19-7)63-20-8/h49-50,55H,13-48H2,1-12H3. The van der Waals surface area contributed by atoms with Gasteiger partial charge in [0.05, 0.1) is 0 Å². The zero-order chi connectivity index (χ0) is 49.8. The zero-order valence-corrected chi connectivity index (χ0v) is 46.0. The van der Waals surface area contributed by atoms with Gasteiger partial charge in [0.2, 0.25) is 0 Å². The van der Waals surface area contributed by atoms with E-state index in [9.17, 15) is 0 Å². The lowest BCUT2D eigenvalue weighted by molar-refractivity contribution is -0.388. The molecule has 0 aliphatic rings. The Labute approximate surface area is 413 Å². The molecule has 67 heavy (non-hydrogen) atoms. The second kappa shape index (κ2) is 44.2. The third kappa shape index (κ3) is 28.9. The summed E-state index contributed by atoms with van der Waals surface area (Å²) in [6.07, 6.45) is 25.8. The van der Waals surface area contributed by atoms with Gasteiger partial charge in [-0.15, -0.1) is 0 Å². The van der Waals surface area contributed by atoms with E-state index in [0.29, 0.717) is 79.3 Å². The third-order valence-electron chi connectivity index (χ3n) is 12.0. The molecule has 13 heteroatoms. The largest absolute Gasteiger partial charge is 0.371 e. The van der Waals surface area contributed by atoms with Gasteiger partial charge in [0.1, 0.15) is 12.2 Å². The molecule has 0 aromatic carbocycles. The van der Waals surface area contributed by atoms with Crippen LogP contribution in [0.5, 0.6) is 0 Å². The molecule has 0 radical (unpaired) electrons. The predicted molar refractivity (Wildman–Crippen MR) is 272 cm³/mol. The van der Waals surface area contributed by atoms with Crippen molar-refractivity contribution in [3.63, 3.8) is 0 Å². The van der Waals surface area contributed by atoms with Gasteiger partial charge in [0, 0.05) is 92.1 Å². The highest BCUT2D eigenvalue weighted by Gasteiger charge is 2.53. The Morgan fingerprint density at radius 2 is 0.463 bits per heavy atom. The Morgan fingerprint density at radius 1 is 0.254 bits per heavy atom. The maximum absolute atomic E-state index is 6.61. The summed E-state index contributed by atoms with van der Waals surface area (Å²) < 4.78 is 74.8. The lowest BCUT2D eigenvalue weighted by Gasteiger charge is -2.48. The van der Waals surface area contributed by atoms with Crippen LogP contribution < -0.4 is 5.32 Å². The van der Waals surface area contributed by atoms with Crippen LogP contribution in [-0.2, 0) is 56.8 Å². The quantitative estimate of drug-likeness (QED) is 0.0460. The van der Waals surface area contributed by atoms with Gasteiger partial charge in [-0.1, -0.05) is 116 Å². The lowest BCUT2D eigenvalue weighted by Crippen LogP contribution is -2.72. The highest BCUT2D eigenvalue weighted by Crippen LogP contribution is 2.33. The van der Waals surface area contributed by atoms with Crippen molar-refractivity contribution in [2.24, 2.45) is 0 Å². The minimum absolute atomic E-state index is 0.388. The highest BCUT2D eigenvalue weighted by atomic mass is 16.9. The Bertz CT molecular complexity index is 917. The van der Waals surface area contributed by atoms with Crippen LogP contribution in [-0.4, -0.2) is 115 Å². The number of ether oxygens (including phenoxy) is 12. The molecule has 0 aromatic rings. The summed E-state index contributed by atoms with van der Waals surface area (Å²) in [5, 5.41) is 3.71. The predicted octanol–water partition coefficient (Wildman–Crippen LogP) is 13.7. The minimum Gasteiger partial charge on any atom is -0.371 e. The molecule has 0 saturated carbocycles. The van der Waals surface area contributed by atoms with Crippen LogP contribution in [0, 0.1) is 0 Å². The second-order valence-electron chi connectivity index (χ2n) is 17.2. The average molecular weight is 966 g/mol. The Hall–Kier alpha value is -0.520. The van der Waals surface area contributed by atoms with Crippen LogP contribution in [0.15, 0.2) is 0 Å². The van der Waals surface area contributed by atoms with Crippen LogP contribution in [0.25, 0.3) is 0 Å². The van der Waals surface area contributed by atoms with E-state index in [2.05, 4.69) is 5.32 Å². The first kappa shape index (κ1) is 66.5. The first-order valence-electron chi connectivity index (χ1n) is 28.1. The van der Waals surface area contributed by atoms with Crippen LogP contribution in [0.1, 0.15) is 237 Å². The van der Waals surface area contributed by atoms with Gasteiger partial charge >= 0.3 is 0 Å². The molecule has 1 N–H and O–H groups in total.